The van der Waals surface area contributed by atoms with Gasteiger partial charge in [0.05, 0.1) is 166 Å². The van der Waals surface area contributed by atoms with E-state index in [0.29, 0.717) is 154 Å². The van der Waals surface area contributed by atoms with Crippen LogP contribution in [-0.4, -0.2) is 235 Å². The number of aliphatic hydroxyl groups excluding tert-OH is 3. The average Bonchev–Trinajstić information content (AvgIpc) is 0.801. The van der Waals surface area contributed by atoms with E-state index in [2.05, 4.69) is 46.4 Å². The van der Waals surface area contributed by atoms with Crippen molar-refractivity contribution in [1.29, 1.82) is 0 Å². The Bertz CT molecular complexity index is 4640. The summed E-state index contributed by atoms with van der Waals surface area (Å²) in [6.07, 6.45) is -6.06. The minimum atomic E-state index is -4.50. The van der Waals surface area contributed by atoms with Crippen molar-refractivity contribution in [3.05, 3.63) is 226 Å². The number of pyridine rings is 2. The van der Waals surface area contributed by atoms with Gasteiger partial charge in [-0.05, 0) is 159 Å². The normalized spacial score (nSPS) is 11.5. The molecule has 0 atom stereocenters. The molecule has 0 aliphatic rings. The van der Waals surface area contributed by atoms with Gasteiger partial charge in [0.15, 0.2) is 0 Å². The van der Waals surface area contributed by atoms with Crippen LogP contribution >= 0.6 is 23.5 Å². The number of aromatic nitrogens is 2. The van der Waals surface area contributed by atoms with E-state index in [9.17, 15) is 70.4 Å². The summed E-state index contributed by atoms with van der Waals surface area (Å²) in [5, 5.41) is 50.3. The molecule has 678 valence electrons. The van der Waals surface area contributed by atoms with Crippen molar-refractivity contribution in [3.63, 3.8) is 0 Å². The van der Waals surface area contributed by atoms with Crippen LogP contribution < -0.4 is 36.4 Å². The second-order valence-corrected chi connectivity index (χ2v) is 30.1. The number of anilines is 4. The van der Waals surface area contributed by atoms with Gasteiger partial charge in [0.1, 0.15) is 5.54 Å². The molecular weight excluding hydrogens is 1670 g/mol. The van der Waals surface area contributed by atoms with Gasteiger partial charge in [-0.3, -0.25) is 38.7 Å². The summed E-state index contributed by atoms with van der Waals surface area (Å²) in [4.78, 5) is 89.5. The third kappa shape index (κ3) is 36.4. The number of hydrogen-bond donors (Lipinski definition) is 9. The van der Waals surface area contributed by atoms with Crippen LogP contribution in [0.1, 0.15) is 115 Å². The number of carboxylic acid groups (broad SMARTS) is 1. The third-order valence-electron chi connectivity index (χ3n) is 18.9. The first-order valence-corrected chi connectivity index (χ1v) is 43.2. The SMILES string of the molecule is CCN(CC)c1ccc(NC(=O)c2cccc(CSCCOCCOCCOCCOCCC(=O)NC(CO)(CO)CO)c2)c(-c2cc(C(=O)NCc3cccc(C(F)(F)F)c3)ccn2)c1.CCN(CC)c1ccc(NC(=O)c2cccc(CSCCOCCOCCOCCOCCC(=O)O)c2)c(-c2cc(C(=O)NCc3cccc(C(F)(F)F)c3)ccn2)c1. The molecule has 8 rings (SSSR count). The maximum Gasteiger partial charge on any atom is 0.416 e. The van der Waals surface area contributed by atoms with E-state index in [0.717, 1.165) is 84.5 Å². The highest BCUT2D eigenvalue weighted by atomic mass is 32.2. The number of carbonyl (C=O) groups is 6. The van der Waals surface area contributed by atoms with Crippen LogP contribution in [0, 0.1) is 0 Å². The number of aliphatic carboxylic acids is 1. The van der Waals surface area contributed by atoms with Crippen molar-refractivity contribution in [2.75, 3.05) is 184 Å². The van der Waals surface area contributed by atoms with Crippen LogP contribution in [0.4, 0.5) is 49.1 Å². The molecule has 27 nitrogen and oxygen atoms in total. The average molecular weight is 1790 g/mol. The number of alkyl halides is 6. The molecule has 0 radical (unpaired) electrons. The summed E-state index contributed by atoms with van der Waals surface area (Å²) in [5.74, 6) is -0.180. The van der Waals surface area contributed by atoms with Crippen molar-refractivity contribution in [2.24, 2.45) is 0 Å². The Morgan fingerprint density at radius 1 is 0.392 bits per heavy atom. The number of halogens is 6. The number of thioether (sulfide) groups is 2. The van der Waals surface area contributed by atoms with Gasteiger partial charge in [0.25, 0.3) is 23.6 Å². The number of ether oxygens (including phenoxy) is 8. The van der Waals surface area contributed by atoms with Crippen molar-refractivity contribution in [3.8, 4) is 22.5 Å². The first kappa shape index (κ1) is 102. The number of amides is 5. The molecule has 0 saturated carbocycles. The van der Waals surface area contributed by atoms with E-state index in [1.54, 1.807) is 53.9 Å². The summed E-state index contributed by atoms with van der Waals surface area (Å²) in [7, 11) is 0. The van der Waals surface area contributed by atoms with Crippen LogP contribution in [0.2, 0.25) is 0 Å². The standard InChI is InChI=1S/C47H60F3N5O10S.C43H51F3N4O8S/c1-3-55(4-2)39-11-12-41(40(28-39)42-27-37(13-15-51-42)44(60)52-29-34-7-6-10-38(26-34)47(48,49)50)53-45(61)36-9-5-8-35(25-36)30-66-24-23-65-22-21-64-20-19-63-18-17-62-16-14-43(59)54-46(31-56,32-57)33-58;1-3-50(4-2)36-11-12-38(37(28-36)39-27-34(13-15-47-39)41(53)48-29-31-7-6-10-35(26-31)43(44,45)46)49-42(54)33-9-5-8-32(25-33)30-59-24-23-58-22-21-57-20-19-56-18-17-55-16-14-40(51)52/h5-13,15,25-28,56-58H,3-4,14,16-24,29-33H2,1-2H3,(H,52,60)(H,53,61)(H,54,59);5-13,15,25-28H,3-4,14,16-24,29-30H2,1-2H3,(H,48,53)(H,49,54)(H,51,52). The van der Waals surface area contributed by atoms with E-state index in [1.165, 1.54) is 48.8 Å². The second kappa shape index (κ2) is 55.4. The first-order chi connectivity index (χ1) is 60.3. The number of nitrogens with zero attached hydrogens (tertiary/aromatic N) is 4. The molecule has 0 unspecified atom stereocenters. The molecule has 5 amide bonds. The fourth-order valence-electron chi connectivity index (χ4n) is 12.1. The van der Waals surface area contributed by atoms with Gasteiger partial charge in [0, 0.05) is 126 Å². The van der Waals surface area contributed by atoms with E-state index in [4.69, 9.17) is 43.0 Å². The maximum absolute atomic E-state index is 13.7. The number of hydrogen-bond acceptors (Lipinski definition) is 23. The number of rotatable bonds is 56. The van der Waals surface area contributed by atoms with Gasteiger partial charge < -0.3 is 94.7 Å². The fraction of sp³-hybridized carbons (Fsp3) is 0.422. The highest BCUT2D eigenvalue weighted by Crippen LogP contribution is 2.36. The Hall–Kier alpha value is -10.1. The molecule has 2 aromatic heterocycles. The topological polar surface area (TPSA) is 350 Å². The molecule has 8 aromatic rings. The van der Waals surface area contributed by atoms with E-state index < -0.39 is 72.5 Å². The number of carbonyl (C=O) groups excluding carboxylic acids is 5. The van der Waals surface area contributed by atoms with Crippen LogP contribution in [0.15, 0.2) is 170 Å². The largest absolute Gasteiger partial charge is 0.481 e. The Kier molecular flexibility index (Phi) is 45.2. The molecule has 125 heavy (non-hydrogen) atoms. The Morgan fingerprint density at radius 3 is 1.10 bits per heavy atom. The Balaban J connectivity index is 0.000000345. The van der Waals surface area contributed by atoms with Gasteiger partial charge in [0.2, 0.25) is 5.91 Å². The van der Waals surface area contributed by atoms with E-state index in [1.807, 2.05) is 94.4 Å². The van der Waals surface area contributed by atoms with Crippen LogP contribution in [0.5, 0.6) is 0 Å². The van der Waals surface area contributed by atoms with Gasteiger partial charge in [-0.2, -0.15) is 49.9 Å². The lowest BCUT2D eigenvalue weighted by Crippen LogP contribution is -2.57. The third-order valence-corrected chi connectivity index (χ3v) is 20.9. The van der Waals surface area contributed by atoms with Crippen molar-refractivity contribution >= 4 is 81.8 Å². The Labute approximate surface area is 732 Å². The van der Waals surface area contributed by atoms with Crippen LogP contribution in [-0.2, 0) is 84.4 Å². The van der Waals surface area contributed by atoms with Crippen molar-refractivity contribution in [1.82, 2.24) is 25.9 Å². The van der Waals surface area contributed by atoms with Crippen LogP contribution in [0.3, 0.4) is 0 Å². The van der Waals surface area contributed by atoms with Gasteiger partial charge in [-0.15, -0.1) is 0 Å². The lowest BCUT2D eigenvalue weighted by molar-refractivity contribution is -0.139. The highest BCUT2D eigenvalue weighted by Gasteiger charge is 2.33. The van der Waals surface area contributed by atoms with Gasteiger partial charge in [-0.25, -0.2) is 0 Å². The summed E-state index contributed by atoms with van der Waals surface area (Å²) >= 11 is 3.34. The molecule has 35 heteroatoms. The molecule has 0 spiro atoms. The molecule has 0 bridgehead atoms. The molecular formula is C90H111F6N9O18S2. The highest BCUT2D eigenvalue weighted by molar-refractivity contribution is 7.98. The first-order valence-electron chi connectivity index (χ1n) is 40.9. The molecule has 6 aromatic carbocycles. The van der Waals surface area contributed by atoms with Crippen molar-refractivity contribution in [2.45, 2.75) is 83.0 Å². The summed E-state index contributed by atoms with van der Waals surface area (Å²) in [5.41, 5.74) is 5.75. The molecule has 0 aliphatic heterocycles. The maximum atomic E-state index is 13.7. The predicted molar refractivity (Wildman–Crippen MR) is 468 cm³/mol. The number of carboxylic acids is 1. The number of aliphatic hydroxyl groups is 3. The van der Waals surface area contributed by atoms with Crippen molar-refractivity contribution < 1.29 is 113 Å². The Morgan fingerprint density at radius 2 is 0.736 bits per heavy atom. The van der Waals surface area contributed by atoms with E-state index >= 15 is 0 Å². The zero-order valence-electron chi connectivity index (χ0n) is 70.5. The molecule has 0 fully saturated rings. The molecule has 0 saturated heterocycles. The zero-order valence-corrected chi connectivity index (χ0v) is 72.1. The second-order valence-electron chi connectivity index (χ2n) is 27.9. The summed E-state index contributed by atoms with van der Waals surface area (Å²) in [6, 6.07) is 41.8. The summed E-state index contributed by atoms with van der Waals surface area (Å²) < 4.78 is 123. The van der Waals surface area contributed by atoms with Gasteiger partial charge >= 0.3 is 18.3 Å². The number of nitrogens with one attached hydrogen (secondary N) is 5. The summed E-state index contributed by atoms with van der Waals surface area (Å²) in [6.45, 7) is 15.0. The number of benzene rings is 6. The smallest absolute Gasteiger partial charge is 0.416 e. The zero-order chi connectivity index (χ0) is 90.3. The minimum Gasteiger partial charge on any atom is -0.481 e. The lowest BCUT2D eigenvalue weighted by Gasteiger charge is -2.28. The molecule has 0 aliphatic carbocycles. The van der Waals surface area contributed by atoms with Gasteiger partial charge in [-0.1, -0.05) is 48.5 Å². The quantitative estimate of drug-likeness (QED) is 0.0126. The lowest BCUT2D eigenvalue weighted by atomic mass is 10.0. The molecule has 9 N–H and O–H groups in total. The monoisotopic (exact) mass is 1780 g/mol. The predicted octanol–water partition coefficient (Wildman–Crippen LogP) is 12.9. The van der Waals surface area contributed by atoms with E-state index in [-0.39, 0.29) is 68.7 Å². The molecule has 2 heterocycles. The fourth-order valence-corrected chi connectivity index (χ4v) is 13.7. The van der Waals surface area contributed by atoms with Crippen LogP contribution in [0.25, 0.3) is 22.5 Å². The minimum absolute atomic E-state index is 0.00130.